The van der Waals surface area contributed by atoms with E-state index in [1.807, 2.05) is 60.7 Å². The Labute approximate surface area is 173 Å². The molecular formula is C22H17N5OS. The number of thioether (sulfide) groups is 1. The molecule has 2 aromatic carbocycles. The Morgan fingerprint density at radius 1 is 1.10 bits per heavy atom. The molecule has 0 amide bonds. The first-order valence-electron chi connectivity index (χ1n) is 8.65. The third kappa shape index (κ3) is 4.73. The van der Waals surface area contributed by atoms with Gasteiger partial charge in [0.1, 0.15) is 22.7 Å². The summed E-state index contributed by atoms with van der Waals surface area (Å²) in [5.41, 5.74) is 9.51. The number of benzene rings is 2. The summed E-state index contributed by atoms with van der Waals surface area (Å²) in [5, 5.41) is 19.0. The topological polar surface area (TPSA) is 108 Å². The molecule has 3 rings (SSSR count). The second kappa shape index (κ2) is 9.41. The lowest BCUT2D eigenvalue weighted by atomic mass is 9.99. The van der Waals surface area contributed by atoms with E-state index in [4.69, 9.17) is 15.7 Å². The first-order chi connectivity index (χ1) is 14.2. The number of aromatic nitrogens is 1. The maximum Gasteiger partial charge on any atom is 0.207 e. The smallest absolute Gasteiger partial charge is 0.207 e. The fourth-order valence-corrected chi connectivity index (χ4v) is 3.54. The zero-order chi connectivity index (χ0) is 20.6. The van der Waals surface area contributed by atoms with Gasteiger partial charge in [-0.2, -0.15) is 15.5 Å². The van der Waals surface area contributed by atoms with Crippen molar-refractivity contribution in [3.05, 3.63) is 66.2 Å². The highest BCUT2D eigenvalue weighted by atomic mass is 32.2. The Kier molecular flexibility index (Phi) is 6.47. The van der Waals surface area contributed by atoms with Crippen molar-refractivity contribution in [2.24, 2.45) is 10.7 Å². The van der Waals surface area contributed by atoms with E-state index in [1.165, 1.54) is 11.8 Å². The van der Waals surface area contributed by atoms with Crippen molar-refractivity contribution >= 4 is 17.6 Å². The SMILES string of the molecule is COc1ccc(-c2cc(-c3ccccc3)nc(SCC(N)=NC#N)c2C#N)cc1. The van der Waals surface area contributed by atoms with Gasteiger partial charge in [-0.1, -0.05) is 54.2 Å². The zero-order valence-corrected chi connectivity index (χ0v) is 16.5. The fraction of sp³-hybridized carbons (Fsp3) is 0.0909. The van der Waals surface area contributed by atoms with Gasteiger partial charge in [-0.15, -0.1) is 0 Å². The summed E-state index contributed by atoms with van der Waals surface area (Å²) >= 11 is 1.28. The van der Waals surface area contributed by atoms with Crippen LogP contribution in [0.1, 0.15) is 5.56 Å². The zero-order valence-electron chi connectivity index (χ0n) is 15.7. The summed E-state index contributed by atoms with van der Waals surface area (Å²) in [6.07, 6.45) is 1.67. The van der Waals surface area contributed by atoms with E-state index in [-0.39, 0.29) is 11.6 Å². The Bertz CT molecular complexity index is 1110. The van der Waals surface area contributed by atoms with Crippen LogP contribution in [-0.2, 0) is 0 Å². The summed E-state index contributed by atoms with van der Waals surface area (Å²) in [7, 11) is 1.61. The van der Waals surface area contributed by atoms with Crippen molar-refractivity contribution in [3.8, 4) is 40.4 Å². The number of amidine groups is 1. The van der Waals surface area contributed by atoms with Crippen LogP contribution < -0.4 is 10.5 Å². The number of ether oxygens (including phenoxy) is 1. The first-order valence-corrected chi connectivity index (χ1v) is 9.63. The lowest BCUT2D eigenvalue weighted by Crippen LogP contribution is -2.14. The van der Waals surface area contributed by atoms with Gasteiger partial charge in [0.25, 0.3) is 0 Å². The molecule has 0 spiro atoms. The molecule has 3 aromatic rings. The number of nitrogens with two attached hydrogens (primary N) is 1. The largest absolute Gasteiger partial charge is 0.497 e. The number of nitrogens with zero attached hydrogens (tertiary/aromatic N) is 4. The van der Waals surface area contributed by atoms with Gasteiger partial charge < -0.3 is 10.5 Å². The Hall–Kier alpha value is -3.81. The maximum atomic E-state index is 9.85. The molecule has 142 valence electrons. The Morgan fingerprint density at radius 2 is 1.83 bits per heavy atom. The average molecular weight is 399 g/mol. The number of hydrogen-bond acceptors (Lipinski definition) is 6. The molecule has 0 aliphatic rings. The highest BCUT2D eigenvalue weighted by molar-refractivity contribution is 8.00. The number of nitriles is 2. The summed E-state index contributed by atoms with van der Waals surface area (Å²) < 4.78 is 5.23. The minimum atomic E-state index is 0.180. The van der Waals surface area contributed by atoms with Gasteiger partial charge in [0, 0.05) is 11.1 Å². The molecular weight excluding hydrogens is 382 g/mol. The maximum absolute atomic E-state index is 9.85. The lowest BCUT2D eigenvalue weighted by Gasteiger charge is -2.13. The van der Waals surface area contributed by atoms with Crippen LogP contribution >= 0.6 is 11.8 Å². The molecule has 7 heteroatoms. The summed E-state index contributed by atoms with van der Waals surface area (Å²) in [4.78, 5) is 8.22. The number of aliphatic imine (C=N–C) groups is 1. The number of hydrogen-bond donors (Lipinski definition) is 1. The van der Waals surface area contributed by atoms with Gasteiger partial charge in [0.05, 0.1) is 24.1 Å². The van der Waals surface area contributed by atoms with E-state index in [2.05, 4.69) is 16.0 Å². The van der Waals surface area contributed by atoms with Crippen LogP contribution in [0.4, 0.5) is 0 Å². The highest BCUT2D eigenvalue weighted by Gasteiger charge is 2.16. The third-order valence-corrected chi connectivity index (χ3v) is 5.13. The van der Waals surface area contributed by atoms with Crippen LogP contribution in [0.25, 0.3) is 22.4 Å². The van der Waals surface area contributed by atoms with Gasteiger partial charge in [0.15, 0.2) is 0 Å². The number of rotatable bonds is 6. The van der Waals surface area contributed by atoms with Gasteiger partial charge in [-0.3, -0.25) is 0 Å². The van der Waals surface area contributed by atoms with Gasteiger partial charge in [-0.25, -0.2) is 4.98 Å². The predicted molar refractivity (Wildman–Crippen MR) is 114 cm³/mol. The van der Waals surface area contributed by atoms with Crippen LogP contribution in [0.2, 0.25) is 0 Å². The van der Waals surface area contributed by atoms with E-state index in [0.29, 0.717) is 10.6 Å². The molecule has 2 N–H and O–H groups in total. The molecule has 0 saturated heterocycles. The van der Waals surface area contributed by atoms with E-state index in [1.54, 1.807) is 13.3 Å². The third-order valence-electron chi connectivity index (χ3n) is 4.12. The number of methoxy groups -OCH3 is 1. The van der Waals surface area contributed by atoms with Crippen LogP contribution in [0.15, 0.2) is 70.7 Å². The van der Waals surface area contributed by atoms with Gasteiger partial charge in [0.2, 0.25) is 6.19 Å². The van der Waals surface area contributed by atoms with Crippen LogP contribution in [0.5, 0.6) is 5.75 Å². The predicted octanol–water partition coefficient (Wildman–Crippen LogP) is 4.23. The second-order valence-electron chi connectivity index (χ2n) is 5.93. The van der Waals surface area contributed by atoms with Crippen LogP contribution in [0.3, 0.4) is 0 Å². The van der Waals surface area contributed by atoms with E-state index >= 15 is 0 Å². The van der Waals surface area contributed by atoms with E-state index in [0.717, 1.165) is 28.1 Å². The van der Waals surface area contributed by atoms with Crippen molar-refractivity contribution < 1.29 is 4.74 Å². The fourth-order valence-electron chi connectivity index (χ4n) is 2.73. The van der Waals surface area contributed by atoms with Crippen molar-refractivity contribution in [2.45, 2.75) is 5.03 Å². The lowest BCUT2D eigenvalue weighted by molar-refractivity contribution is 0.415. The highest BCUT2D eigenvalue weighted by Crippen LogP contribution is 2.34. The molecule has 0 atom stereocenters. The molecule has 0 fully saturated rings. The monoisotopic (exact) mass is 399 g/mol. The molecule has 0 unspecified atom stereocenters. The summed E-state index contributed by atoms with van der Waals surface area (Å²) in [6, 6.07) is 21.4. The summed E-state index contributed by atoms with van der Waals surface area (Å²) in [6.45, 7) is 0. The van der Waals surface area contributed by atoms with Crippen molar-refractivity contribution in [1.29, 1.82) is 10.5 Å². The van der Waals surface area contributed by atoms with Crippen molar-refractivity contribution in [2.75, 3.05) is 12.9 Å². The average Bonchev–Trinajstić information content (AvgIpc) is 2.78. The Morgan fingerprint density at radius 3 is 2.45 bits per heavy atom. The molecule has 0 aliphatic heterocycles. The molecule has 1 heterocycles. The number of pyridine rings is 1. The summed E-state index contributed by atoms with van der Waals surface area (Å²) in [5.74, 6) is 1.18. The first kappa shape index (κ1) is 19.9. The van der Waals surface area contributed by atoms with Crippen molar-refractivity contribution in [1.82, 2.24) is 4.98 Å². The molecule has 29 heavy (non-hydrogen) atoms. The van der Waals surface area contributed by atoms with Gasteiger partial charge in [-0.05, 0) is 23.8 Å². The molecule has 1 aromatic heterocycles. The quantitative estimate of drug-likeness (QED) is 0.288. The molecule has 0 bridgehead atoms. The van der Waals surface area contributed by atoms with Crippen molar-refractivity contribution in [3.63, 3.8) is 0 Å². The van der Waals surface area contributed by atoms with Crippen LogP contribution in [0, 0.1) is 22.8 Å². The molecule has 0 aliphatic carbocycles. The normalized spacial score (nSPS) is 10.8. The minimum Gasteiger partial charge on any atom is -0.497 e. The molecule has 0 radical (unpaired) electrons. The Balaban J connectivity index is 2.14. The second-order valence-corrected chi connectivity index (χ2v) is 6.90. The molecule has 6 nitrogen and oxygen atoms in total. The standard InChI is InChI=1S/C22H17N5OS/c1-28-17-9-7-15(8-10-17)18-11-20(16-5-3-2-4-6-16)27-22(19(18)12-23)29-13-21(25)26-14-24/h2-11H,13H2,1H3,(H2,25,26). The minimum absolute atomic E-state index is 0.180. The van der Waals surface area contributed by atoms with Gasteiger partial charge >= 0.3 is 0 Å². The van der Waals surface area contributed by atoms with Crippen LogP contribution in [-0.4, -0.2) is 23.7 Å². The molecule has 0 saturated carbocycles. The van der Waals surface area contributed by atoms with E-state index < -0.39 is 0 Å². The van der Waals surface area contributed by atoms with E-state index in [9.17, 15) is 5.26 Å².